The molecule has 0 bridgehead atoms. The average molecular weight is 513 g/mol. The molecule has 4 aromatic carbocycles. The quantitative estimate of drug-likeness (QED) is 0.321. The smallest absolute Gasteiger partial charge is 0.259 e. The molecule has 0 saturated heterocycles. The minimum atomic E-state index is -0.705. The fourth-order valence-corrected chi connectivity index (χ4v) is 4.96. The summed E-state index contributed by atoms with van der Waals surface area (Å²) in [5.41, 5.74) is 3.18. The third-order valence-electron chi connectivity index (χ3n) is 6.52. The third-order valence-corrected chi connectivity index (χ3v) is 6.76. The maximum atomic E-state index is 14.0. The second kappa shape index (κ2) is 10.4. The fraction of sp³-hybridized carbons (Fsp3) is 0.133. The first-order chi connectivity index (χ1) is 18.0. The lowest BCUT2D eigenvalue weighted by atomic mass is 9.78. The average Bonchev–Trinajstić information content (AvgIpc) is 2.93. The van der Waals surface area contributed by atoms with Crippen molar-refractivity contribution in [2.24, 2.45) is 0 Å². The highest BCUT2D eigenvalue weighted by Gasteiger charge is 2.45. The zero-order valence-electron chi connectivity index (χ0n) is 20.4. The molecule has 0 spiro atoms. The van der Waals surface area contributed by atoms with Gasteiger partial charge in [-0.05, 0) is 71.8 Å². The van der Waals surface area contributed by atoms with Crippen molar-refractivity contribution in [3.63, 3.8) is 0 Å². The molecular formula is C30H25ClN2O4. The van der Waals surface area contributed by atoms with E-state index in [0.29, 0.717) is 39.0 Å². The Morgan fingerprint density at radius 1 is 0.838 bits per heavy atom. The van der Waals surface area contributed by atoms with Crippen molar-refractivity contribution in [1.29, 1.82) is 0 Å². The van der Waals surface area contributed by atoms with Gasteiger partial charge < -0.3 is 14.8 Å². The first kappa shape index (κ1) is 24.4. The number of anilines is 2. The Morgan fingerprint density at radius 3 is 2.14 bits per heavy atom. The van der Waals surface area contributed by atoms with E-state index in [9.17, 15) is 9.59 Å². The lowest BCUT2D eigenvalue weighted by Crippen LogP contribution is -2.46. The Kier molecular flexibility index (Phi) is 6.84. The predicted octanol–water partition coefficient (Wildman–Crippen LogP) is 6.48. The van der Waals surface area contributed by atoms with E-state index in [0.717, 1.165) is 5.56 Å². The summed E-state index contributed by atoms with van der Waals surface area (Å²) in [6, 6.07) is 28.3. The van der Waals surface area contributed by atoms with Gasteiger partial charge in [-0.25, -0.2) is 0 Å². The Hall–Kier alpha value is -4.29. The van der Waals surface area contributed by atoms with Gasteiger partial charge >= 0.3 is 0 Å². The summed E-state index contributed by atoms with van der Waals surface area (Å²) in [5.74, 6) is 0.213. The normalized spacial score (nSPS) is 16.6. The summed E-state index contributed by atoms with van der Waals surface area (Å²) in [6.45, 7) is 0. The number of rotatable bonds is 6. The van der Waals surface area contributed by atoms with Crippen LogP contribution in [0.15, 0.2) is 97.1 Å². The molecule has 37 heavy (non-hydrogen) atoms. The van der Waals surface area contributed by atoms with Gasteiger partial charge in [-0.15, -0.1) is 0 Å². The van der Waals surface area contributed by atoms with Gasteiger partial charge in [-0.2, -0.15) is 0 Å². The van der Waals surface area contributed by atoms with Gasteiger partial charge in [-0.1, -0.05) is 48.0 Å². The van der Waals surface area contributed by atoms with E-state index in [-0.39, 0.29) is 11.8 Å². The highest BCUT2D eigenvalue weighted by atomic mass is 35.5. The number of carbonyl (C=O) groups is 2. The van der Waals surface area contributed by atoms with E-state index in [1.165, 1.54) is 0 Å². The molecule has 1 N–H and O–H groups in total. The summed E-state index contributed by atoms with van der Waals surface area (Å²) < 4.78 is 10.7. The zero-order valence-corrected chi connectivity index (χ0v) is 21.1. The molecule has 1 aliphatic rings. The number of halogens is 1. The molecule has 6 nitrogen and oxygen atoms in total. The van der Waals surface area contributed by atoms with Crippen LogP contribution < -0.4 is 19.7 Å². The van der Waals surface area contributed by atoms with Crippen LogP contribution in [-0.2, 0) is 4.79 Å². The SMILES string of the molecule is COc1ccc([C@H]2[C@H](C(=O)Nc3cccc(Cl)c3)c3ccccc3C(=O)N2c2ccc(OC)cc2)cc1. The summed E-state index contributed by atoms with van der Waals surface area (Å²) >= 11 is 6.17. The van der Waals surface area contributed by atoms with Crippen LogP contribution in [0.2, 0.25) is 5.02 Å². The van der Waals surface area contributed by atoms with Crippen LogP contribution in [0, 0.1) is 0 Å². The lowest BCUT2D eigenvalue weighted by Gasteiger charge is -2.42. The zero-order chi connectivity index (χ0) is 25.9. The van der Waals surface area contributed by atoms with Gasteiger partial charge in [-0.3, -0.25) is 14.5 Å². The first-order valence-corrected chi connectivity index (χ1v) is 12.1. The highest BCUT2D eigenvalue weighted by Crippen LogP contribution is 2.46. The molecule has 5 rings (SSSR count). The summed E-state index contributed by atoms with van der Waals surface area (Å²) in [7, 11) is 3.19. The molecule has 0 aliphatic carbocycles. The predicted molar refractivity (Wildman–Crippen MR) is 145 cm³/mol. The summed E-state index contributed by atoms with van der Waals surface area (Å²) in [4.78, 5) is 29.7. The topological polar surface area (TPSA) is 67.9 Å². The highest BCUT2D eigenvalue weighted by molar-refractivity contribution is 6.31. The molecule has 0 unspecified atom stereocenters. The molecule has 1 heterocycles. The standard InChI is InChI=1S/C30H25ClN2O4/c1-36-23-14-10-19(11-15-23)28-27(29(34)32-21-7-5-6-20(31)18-21)25-8-3-4-9-26(25)30(35)33(28)22-12-16-24(37-2)17-13-22/h3-18,27-28H,1-2H3,(H,32,34)/t27-,28+/m1/s1. The van der Waals surface area contributed by atoms with E-state index in [2.05, 4.69) is 5.32 Å². The lowest BCUT2D eigenvalue weighted by molar-refractivity contribution is -0.118. The molecule has 4 aromatic rings. The molecule has 2 amide bonds. The van der Waals surface area contributed by atoms with Gasteiger partial charge in [0.1, 0.15) is 11.5 Å². The van der Waals surface area contributed by atoms with Crippen molar-refractivity contribution in [3.8, 4) is 11.5 Å². The largest absolute Gasteiger partial charge is 0.497 e. The van der Waals surface area contributed by atoms with Crippen LogP contribution in [0.4, 0.5) is 11.4 Å². The number of hydrogen-bond donors (Lipinski definition) is 1. The minimum Gasteiger partial charge on any atom is -0.497 e. The van der Waals surface area contributed by atoms with Crippen molar-refractivity contribution in [3.05, 3.63) is 119 Å². The molecule has 2 atom stereocenters. The maximum absolute atomic E-state index is 14.0. The number of ether oxygens (including phenoxy) is 2. The third kappa shape index (κ3) is 4.76. The molecular weight excluding hydrogens is 488 g/mol. The molecule has 1 aliphatic heterocycles. The number of fused-ring (bicyclic) bond motifs is 1. The first-order valence-electron chi connectivity index (χ1n) is 11.8. The van der Waals surface area contributed by atoms with E-state index in [1.807, 2.05) is 54.6 Å². The van der Waals surface area contributed by atoms with Crippen LogP contribution in [0.3, 0.4) is 0 Å². The van der Waals surface area contributed by atoms with Gasteiger partial charge in [0, 0.05) is 22.0 Å². The monoisotopic (exact) mass is 512 g/mol. The Labute approximate surface area is 220 Å². The van der Waals surface area contributed by atoms with Crippen molar-refractivity contribution in [1.82, 2.24) is 0 Å². The fourth-order valence-electron chi connectivity index (χ4n) is 4.77. The molecule has 0 aromatic heterocycles. The van der Waals surface area contributed by atoms with E-state index in [4.69, 9.17) is 21.1 Å². The number of nitrogens with zero attached hydrogens (tertiary/aromatic N) is 1. The molecule has 0 saturated carbocycles. The van der Waals surface area contributed by atoms with Gasteiger partial charge in [0.25, 0.3) is 5.91 Å². The number of amides is 2. The van der Waals surface area contributed by atoms with Crippen LogP contribution >= 0.6 is 11.6 Å². The number of methoxy groups -OCH3 is 2. The van der Waals surface area contributed by atoms with Crippen LogP contribution in [-0.4, -0.2) is 26.0 Å². The molecule has 186 valence electrons. The molecule has 0 fully saturated rings. The van der Waals surface area contributed by atoms with Crippen molar-refractivity contribution in [2.45, 2.75) is 12.0 Å². The van der Waals surface area contributed by atoms with E-state index >= 15 is 0 Å². The second-order valence-corrected chi connectivity index (χ2v) is 9.09. The second-order valence-electron chi connectivity index (χ2n) is 8.66. The Morgan fingerprint density at radius 2 is 1.49 bits per heavy atom. The summed E-state index contributed by atoms with van der Waals surface area (Å²) in [5, 5.41) is 3.53. The number of benzene rings is 4. The number of hydrogen-bond acceptors (Lipinski definition) is 4. The summed E-state index contributed by atoms with van der Waals surface area (Å²) in [6.07, 6.45) is 0. The van der Waals surface area contributed by atoms with Crippen molar-refractivity contribution in [2.75, 3.05) is 24.4 Å². The van der Waals surface area contributed by atoms with Gasteiger partial charge in [0.05, 0.1) is 26.2 Å². The van der Waals surface area contributed by atoms with Crippen LogP contribution in [0.1, 0.15) is 33.4 Å². The van der Waals surface area contributed by atoms with E-state index in [1.54, 1.807) is 61.6 Å². The van der Waals surface area contributed by atoms with Crippen LogP contribution in [0.5, 0.6) is 11.5 Å². The Balaban J connectivity index is 1.68. The minimum absolute atomic E-state index is 0.187. The van der Waals surface area contributed by atoms with Crippen molar-refractivity contribution >= 4 is 34.8 Å². The Bertz CT molecular complexity index is 1440. The number of carbonyl (C=O) groups excluding carboxylic acids is 2. The van der Waals surface area contributed by atoms with E-state index < -0.39 is 12.0 Å². The van der Waals surface area contributed by atoms with Gasteiger partial charge in [0.2, 0.25) is 5.91 Å². The number of nitrogens with one attached hydrogen (secondary N) is 1. The van der Waals surface area contributed by atoms with Crippen molar-refractivity contribution < 1.29 is 19.1 Å². The molecule has 0 radical (unpaired) electrons. The van der Waals surface area contributed by atoms with Gasteiger partial charge in [0.15, 0.2) is 0 Å². The maximum Gasteiger partial charge on any atom is 0.259 e. The van der Waals surface area contributed by atoms with Crippen LogP contribution in [0.25, 0.3) is 0 Å². The molecule has 7 heteroatoms.